The van der Waals surface area contributed by atoms with E-state index in [0.29, 0.717) is 5.92 Å². The molecule has 2 unspecified atom stereocenters. The smallest absolute Gasteiger partial charge is 0.123 e. The molecule has 1 aromatic rings. The minimum atomic E-state index is -0.698. The molecule has 0 spiro atoms. The molecule has 0 aromatic carbocycles. The van der Waals surface area contributed by atoms with Crippen molar-refractivity contribution in [1.29, 1.82) is 0 Å². The first-order valence-electron chi connectivity index (χ1n) is 6.17. The average molecular weight is 318 g/mol. The molecule has 1 fully saturated rings. The van der Waals surface area contributed by atoms with E-state index in [1.807, 2.05) is 5.51 Å². The Morgan fingerprint density at radius 3 is 2.71 bits per heavy atom. The van der Waals surface area contributed by atoms with Gasteiger partial charge in [0.05, 0.1) is 10.4 Å². The van der Waals surface area contributed by atoms with Crippen LogP contribution >= 0.6 is 27.3 Å². The van der Waals surface area contributed by atoms with Crippen molar-refractivity contribution in [2.75, 3.05) is 0 Å². The maximum Gasteiger partial charge on any atom is 0.123 e. The van der Waals surface area contributed by atoms with E-state index in [4.69, 9.17) is 0 Å². The molecule has 2 atom stereocenters. The van der Waals surface area contributed by atoms with Crippen molar-refractivity contribution < 1.29 is 5.11 Å². The summed E-state index contributed by atoms with van der Waals surface area (Å²) in [6.07, 6.45) is 4.29. The van der Waals surface area contributed by atoms with Crippen LogP contribution in [0, 0.1) is 11.3 Å². The van der Waals surface area contributed by atoms with Gasteiger partial charge in [0.25, 0.3) is 0 Å². The van der Waals surface area contributed by atoms with Crippen LogP contribution in [0.1, 0.15) is 51.3 Å². The molecule has 1 N–H and O–H groups in total. The standard InChI is InChI=1S/C13H20BrNOS/c1-12(2,3)9-6-4-5-7-13(9,16)10-11(14)15-8-17-10/h8-9,16H,4-7H2,1-3H3. The van der Waals surface area contributed by atoms with E-state index in [2.05, 4.69) is 41.7 Å². The third-order valence-corrected chi connectivity index (χ3v) is 5.70. The summed E-state index contributed by atoms with van der Waals surface area (Å²) in [5, 5.41) is 11.1. The summed E-state index contributed by atoms with van der Waals surface area (Å²) in [4.78, 5) is 5.24. The number of rotatable bonds is 1. The van der Waals surface area contributed by atoms with E-state index < -0.39 is 5.60 Å². The molecule has 1 aliphatic carbocycles. The van der Waals surface area contributed by atoms with Crippen LogP contribution < -0.4 is 0 Å². The summed E-state index contributed by atoms with van der Waals surface area (Å²) < 4.78 is 0.821. The molecule has 17 heavy (non-hydrogen) atoms. The second-order valence-corrected chi connectivity index (χ2v) is 7.67. The lowest BCUT2D eigenvalue weighted by molar-refractivity contribution is -0.0939. The highest BCUT2D eigenvalue weighted by Crippen LogP contribution is 2.52. The monoisotopic (exact) mass is 317 g/mol. The largest absolute Gasteiger partial charge is 0.384 e. The first-order chi connectivity index (χ1) is 7.86. The number of halogens is 1. The first kappa shape index (κ1) is 13.5. The molecule has 1 saturated carbocycles. The zero-order chi connectivity index (χ0) is 12.7. The van der Waals surface area contributed by atoms with Crippen molar-refractivity contribution in [3.05, 3.63) is 15.0 Å². The molecule has 4 heteroatoms. The lowest BCUT2D eigenvalue weighted by Crippen LogP contribution is -2.44. The predicted octanol–water partition coefficient (Wildman–Crippen LogP) is 4.33. The Bertz CT molecular complexity index is 398. The van der Waals surface area contributed by atoms with E-state index in [1.165, 1.54) is 6.42 Å². The van der Waals surface area contributed by atoms with Crippen LogP contribution in [-0.4, -0.2) is 10.1 Å². The fourth-order valence-electron chi connectivity index (χ4n) is 3.09. The molecule has 2 rings (SSSR count). The van der Waals surface area contributed by atoms with Crippen molar-refractivity contribution >= 4 is 27.3 Å². The number of aromatic nitrogens is 1. The van der Waals surface area contributed by atoms with Gasteiger partial charge in [-0.25, -0.2) is 4.98 Å². The van der Waals surface area contributed by atoms with Gasteiger partial charge in [-0.2, -0.15) is 0 Å². The summed E-state index contributed by atoms with van der Waals surface area (Å²) >= 11 is 5.04. The molecule has 0 aliphatic heterocycles. The van der Waals surface area contributed by atoms with E-state index >= 15 is 0 Å². The molecule has 0 amide bonds. The van der Waals surface area contributed by atoms with Gasteiger partial charge >= 0.3 is 0 Å². The second kappa shape index (κ2) is 4.63. The van der Waals surface area contributed by atoms with Gasteiger partial charge < -0.3 is 5.11 Å². The van der Waals surface area contributed by atoms with Crippen LogP contribution in [-0.2, 0) is 5.60 Å². The SMILES string of the molecule is CC(C)(C)C1CCCCC1(O)c1scnc1Br. The van der Waals surface area contributed by atoms with Crippen LogP contribution in [0.25, 0.3) is 0 Å². The van der Waals surface area contributed by atoms with E-state index in [-0.39, 0.29) is 5.41 Å². The van der Waals surface area contributed by atoms with Crippen LogP contribution in [0.2, 0.25) is 0 Å². The maximum absolute atomic E-state index is 11.1. The number of hydrogen-bond acceptors (Lipinski definition) is 3. The van der Waals surface area contributed by atoms with Gasteiger partial charge in [0.2, 0.25) is 0 Å². The zero-order valence-electron chi connectivity index (χ0n) is 10.7. The highest BCUT2D eigenvalue weighted by atomic mass is 79.9. The summed E-state index contributed by atoms with van der Waals surface area (Å²) in [6, 6.07) is 0. The number of hydrogen-bond donors (Lipinski definition) is 1. The molecular weight excluding hydrogens is 298 g/mol. The summed E-state index contributed by atoms with van der Waals surface area (Å²) in [7, 11) is 0. The molecule has 96 valence electrons. The van der Waals surface area contributed by atoms with Crippen LogP contribution in [0.4, 0.5) is 0 Å². The lowest BCUT2D eigenvalue weighted by atomic mass is 9.63. The third kappa shape index (κ3) is 2.45. The Hall–Kier alpha value is 0.0700. The van der Waals surface area contributed by atoms with Gasteiger partial charge in [-0.15, -0.1) is 11.3 Å². The topological polar surface area (TPSA) is 33.1 Å². The number of aliphatic hydroxyl groups is 1. The maximum atomic E-state index is 11.1. The molecule has 1 heterocycles. The number of thiazole rings is 1. The van der Waals surface area contributed by atoms with Crippen LogP contribution in [0.15, 0.2) is 10.1 Å². The zero-order valence-corrected chi connectivity index (χ0v) is 13.1. The summed E-state index contributed by atoms with van der Waals surface area (Å²) in [5.41, 5.74) is 1.24. The fraction of sp³-hybridized carbons (Fsp3) is 0.769. The van der Waals surface area contributed by atoms with Gasteiger partial charge in [0.1, 0.15) is 10.2 Å². The van der Waals surface area contributed by atoms with Gasteiger partial charge in [-0.3, -0.25) is 0 Å². The summed E-state index contributed by atoms with van der Waals surface area (Å²) in [5.74, 6) is 0.306. The highest BCUT2D eigenvalue weighted by Gasteiger charge is 2.47. The van der Waals surface area contributed by atoms with Crippen LogP contribution in [0.3, 0.4) is 0 Å². The Morgan fingerprint density at radius 2 is 2.18 bits per heavy atom. The Morgan fingerprint density at radius 1 is 1.47 bits per heavy atom. The molecule has 1 aromatic heterocycles. The lowest BCUT2D eigenvalue weighted by Gasteiger charge is -2.46. The molecule has 2 nitrogen and oxygen atoms in total. The second-order valence-electron chi connectivity index (χ2n) is 6.06. The fourth-order valence-corrected chi connectivity index (χ4v) is 4.81. The molecule has 0 saturated heterocycles. The van der Waals surface area contributed by atoms with Crippen molar-refractivity contribution in [2.24, 2.45) is 11.3 Å². The van der Waals surface area contributed by atoms with Gasteiger partial charge in [0, 0.05) is 0 Å². The Balaban J connectivity index is 2.42. The molecule has 0 radical (unpaired) electrons. The Kier molecular flexibility index (Phi) is 3.68. The third-order valence-electron chi connectivity index (χ3n) is 3.84. The van der Waals surface area contributed by atoms with E-state index in [9.17, 15) is 5.11 Å². The van der Waals surface area contributed by atoms with Crippen molar-refractivity contribution in [1.82, 2.24) is 4.98 Å². The highest BCUT2D eigenvalue weighted by molar-refractivity contribution is 9.10. The molecule has 1 aliphatic rings. The minimum absolute atomic E-state index is 0.124. The molecule has 0 bridgehead atoms. The van der Waals surface area contributed by atoms with Crippen molar-refractivity contribution in [3.8, 4) is 0 Å². The van der Waals surface area contributed by atoms with Gasteiger partial charge in [-0.05, 0) is 40.1 Å². The predicted molar refractivity (Wildman–Crippen MR) is 75.1 cm³/mol. The minimum Gasteiger partial charge on any atom is -0.384 e. The van der Waals surface area contributed by atoms with Gasteiger partial charge in [0.15, 0.2) is 0 Å². The van der Waals surface area contributed by atoms with E-state index in [0.717, 1.165) is 28.7 Å². The van der Waals surface area contributed by atoms with Crippen LogP contribution in [0.5, 0.6) is 0 Å². The number of nitrogens with zero attached hydrogens (tertiary/aromatic N) is 1. The van der Waals surface area contributed by atoms with Crippen molar-refractivity contribution in [2.45, 2.75) is 52.1 Å². The van der Waals surface area contributed by atoms with E-state index in [1.54, 1.807) is 11.3 Å². The average Bonchev–Trinajstić information content (AvgIpc) is 2.64. The Labute approximate surface area is 116 Å². The summed E-state index contributed by atoms with van der Waals surface area (Å²) in [6.45, 7) is 6.68. The quantitative estimate of drug-likeness (QED) is 0.836. The molecular formula is C13H20BrNOS. The van der Waals surface area contributed by atoms with Crippen molar-refractivity contribution in [3.63, 3.8) is 0 Å². The van der Waals surface area contributed by atoms with Gasteiger partial charge in [-0.1, -0.05) is 33.6 Å². The first-order valence-corrected chi connectivity index (χ1v) is 7.85. The normalized spacial score (nSPS) is 30.5.